The Bertz CT molecular complexity index is 1300. The van der Waals surface area contributed by atoms with E-state index in [0.29, 0.717) is 31.9 Å². The fourth-order valence-electron chi connectivity index (χ4n) is 4.91. The van der Waals surface area contributed by atoms with Crippen molar-refractivity contribution >= 4 is 26.4 Å². The van der Waals surface area contributed by atoms with Crippen LogP contribution >= 0.6 is 0 Å². The maximum atomic E-state index is 13.8. The normalized spacial score (nSPS) is 21.4. The fraction of sp³-hybridized carbons (Fsp3) is 0.400. The van der Waals surface area contributed by atoms with Crippen molar-refractivity contribution in [2.45, 2.75) is 63.4 Å². The lowest BCUT2D eigenvalue weighted by molar-refractivity contribution is -0.172. The van der Waals surface area contributed by atoms with Crippen LogP contribution in [0.5, 0.6) is 0 Å². The number of aromatic nitrogens is 2. The zero-order valence-electron chi connectivity index (χ0n) is 18.5. The molecular weight excluding hydrogens is 420 g/mol. The van der Waals surface area contributed by atoms with Crippen LogP contribution in [0.4, 0.5) is 0 Å². The van der Waals surface area contributed by atoms with Gasteiger partial charge in [-0.1, -0.05) is 51.8 Å². The zero-order chi connectivity index (χ0) is 22.6. The van der Waals surface area contributed by atoms with E-state index in [1.807, 2.05) is 28.8 Å². The van der Waals surface area contributed by atoms with Crippen LogP contribution < -0.4 is 5.56 Å². The molecule has 2 radical (unpaired) electrons. The summed E-state index contributed by atoms with van der Waals surface area (Å²) in [7, 11) is 0.526. The minimum atomic E-state index is -1.81. The van der Waals surface area contributed by atoms with E-state index in [4.69, 9.17) is 9.72 Å². The fourth-order valence-corrected chi connectivity index (χ4v) is 6.63. The molecule has 0 fully saturated rings. The highest BCUT2D eigenvalue weighted by Gasteiger charge is 2.46. The molecule has 2 aliphatic heterocycles. The van der Waals surface area contributed by atoms with Gasteiger partial charge in [0, 0.05) is 10.9 Å². The third-order valence-electron chi connectivity index (χ3n) is 6.91. The van der Waals surface area contributed by atoms with Gasteiger partial charge in [-0.3, -0.25) is 4.79 Å². The van der Waals surface area contributed by atoms with E-state index in [-0.39, 0.29) is 24.3 Å². The minimum Gasteiger partial charge on any atom is -0.458 e. The molecule has 2 atom stereocenters. The maximum absolute atomic E-state index is 13.8. The molecule has 0 amide bonds. The Labute approximate surface area is 189 Å². The molecule has 1 unspecified atom stereocenters. The van der Waals surface area contributed by atoms with Gasteiger partial charge in [-0.05, 0) is 35.7 Å². The number of cyclic esters (lactones) is 1. The molecule has 0 saturated heterocycles. The molecular formula is C25H26N2O4Si. The molecule has 6 nitrogen and oxygen atoms in total. The number of hydrogen-bond acceptors (Lipinski definition) is 5. The largest absolute Gasteiger partial charge is 0.458 e. The van der Waals surface area contributed by atoms with Crippen molar-refractivity contribution in [3.63, 3.8) is 0 Å². The Morgan fingerprint density at radius 3 is 2.69 bits per heavy atom. The van der Waals surface area contributed by atoms with Gasteiger partial charge < -0.3 is 14.4 Å². The molecule has 2 aromatic heterocycles. The Hall–Kier alpha value is -2.77. The van der Waals surface area contributed by atoms with Gasteiger partial charge in [-0.15, -0.1) is 0 Å². The summed E-state index contributed by atoms with van der Waals surface area (Å²) in [6.07, 6.45) is 2.23. The SMILES string of the molecule is CCC(CC)[Si]C1c2cc3ccccc3nc2-c2cc3c(c(=O)n21)COC(=O)[C@]3(O)CC. The summed E-state index contributed by atoms with van der Waals surface area (Å²) < 4.78 is 7.07. The quantitative estimate of drug-likeness (QED) is 0.475. The van der Waals surface area contributed by atoms with Crippen LogP contribution in [0.3, 0.4) is 0 Å². The number of pyridine rings is 2. The van der Waals surface area contributed by atoms with E-state index >= 15 is 0 Å². The lowest BCUT2D eigenvalue weighted by Crippen LogP contribution is -2.45. The monoisotopic (exact) mass is 446 g/mol. The van der Waals surface area contributed by atoms with Crippen LogP contribution in [0, 0.1) is 0 Å². The van der Waals surface area contributed by atoms with E-state index < -0.39 is 11.6 Å². The highest BCUT2D eigenvalue weighted by atomic mass is 28.2. The van der Waals surface area contributed by atoms with Crippen molar-refractivity contribution in [2.24, 2.45) is 0 Å². The van der Waals surface area contributed by atoms with Gasteiger partial charge in [0.25, 0.3) is 5.56 Å². The van der Waals surface area contributed by atoms with Crippen molar-refractivity contribution in [3.05, 3.63) is 63.4 Å². The third-order valence-corrected chi connectivity index (χ3v) is 9.09. The van der Waals surface area contributed by atoms with Gasteiger partial charge in [-0.25, -0.2) is 9.78 Å². The van der Waals surface area contributed by atoms with Crippen molar-refractivity contribution in [2.75, 3.05) is 0 Å². The number of rotatable bonds is 5. The molecule has 7 heteroatoms. The standard InChI is InChI=1S/C25H26N2O4Si/c1-4-15(5-2)32-23-16-11-14-9-7-8-10-19(14)26-21(16)20-12-18-17(22(28)27(20)23)13-31-24(29)25(18,30)6-3/h7-12,15,23,30H,4-6,13H2,1-3H3/t23?,25-/m0/s1. The van der Waals surface area contributed by atoms with E-state index in [0.717, 1.165) is 35.0 Å². The molecule has 1 N–H and O–H groups in total. The lowest BCUT2D eigenvalue weighted by Gasteiger charge is -2.32. The summed E-state index contributed by atoms with van der Waals surface area (Å²) in [6.45, 7) is 5.99. The van der Waals surface area contributed by atoms with Gasteiger partial charge >= 0.3 is 5.97 Å². The predicted molar refractivity (Wildman–Crippen MR) is 124 cm³/mol. The number of esters is 1. The second-order valence-electron chi connectivity index (χ2n) is 8.59. The van der Waals surface area contributed by atoms with Gasteiger partial charge in [0.05, 0.1) is 37.7 Å². The smallest absolute Gasteiger partial charge is 0.343 e. The number of ether oxygens (including phenoxy) is 1. The number of fused-ring (bicyclic) bond motifs is 5. The molecule has 4 heterocycles. The van der Waals surface area contributed by atoms with Crippen molar-refractivity contribution in [3.8, 4) is 11.4 Å². The highest BCUT2D eigenvalue weighted by Crippen LogP contribution is 2.43. The summed E-state index contributed by atoms with van der Waals surface area (Å²) in [4.78, 5) is 31.2. The Morgan fingerprint density at radius 1 is 1.22 bits per heavy atom. The Morgan fingerprint density at radius 2 is 1.97 bits per heavy atom. The Balaban J connectivity index is 1.81. The first-order chi connectivity index (χ1) is 15.4. The average molecular weight is 447 g/mol. The second-order valence-corrected chi connectivity index (χ2v) is 10.3. The molecule has 5 rings (SSSR count). The van der Waals surface area contributed by atoms with E-state index in [9.17, 15) is 14.7 Å². The number of benzene rings is 1. The molecule has 164 valence electrons. The van der Waals surface area contributed by atoms with Crippen LogP contribution in [-0.2, 0) is 21.7 Å². The van der Waals surface area contributed by atoms with Crippen molar-refractivity contribution in [1.29, 1.82) is 0 Å². The number of para-hydroxylation sites is 1. The van der Waals surface area contributed by atoms with Crippen LogP contribution in [-0.4, -0.2) is 30.1 Å². The van der Waals surface area contributed by atoms with Crippen LogP contribution in [0.1, 0.15) is 62.4 Å². The third kappa shape index (κ3) is 2.91. The van der Waals surface area contributed by atoms with Gasteiger partial charge in [0.2, 0.25) is 0 Å². The van der Waals surface area contributed by atoms with Gasteiger partial charge in [-0.2, -0.15) is 0 Å². The topological polar surface area (TPSA) is 81.4 Å². The first kappa shape index (κ1) is 21.1. The predicted octanol–water partition coefficient (Wildman–Crippen LogP) is 3.89. The Kier molecular flexibility index (Phi) is 5.06. The van der Waals surface area contributed by atoms with Crippen molar-refractivity contribution in [1.82, 2.24) is 9.55 Å². The first-order valence-electron chi connectivity index (χ1n) is 11.3. The zero-order valence-corrected chi connectivity index (χ0v) is 19.5. The summed E-state index contributed by atoms with van der Waals surface area (Å²) in [5, 5.41) is 12.2. The number of carbonyl (C=O) groups is 1. The first-order valence-corrected chi connectivity index (χ1v) is 12.4. The maximum Gasteiger partial charge on any atom is 0.343 e. The number of carbonyl (C=O) groups excluding carboxylic acids is 1. The van der Waals surface area contributed by atoms with Gasteiger partial charge in [0.1, 0.15) is 6.61 Å². The average Bonchev–Trinajstić information content (AvgIpc) is 3.11. The number of nitrogens with zero attached hydrogens (tertiary/aromatic N) is 2. The molecule has 1 aromatic carbocycles. The van der Waals surface area contributed by atoms with Gasteiger partial charge in [0.15, 0.2) is 5.60 Å². The molecule has 0 bridgehead atoms. The highest BCUT2D eigenvalue weighted by molar-refractivity contribution is 6.40. The van der Waals surface area contributed by atoms with Crippen LogP contribution in [0.25, 0.3) is 22.3 Å². The van der Waals surface area contributed by atoms with Crippen LogP contribution in [0.2, 0.25) is 5.54 Å². The number of aliphatic hydroxyl groups is 1. The minimum absolute atomic E-state index is 0.104. The van der Waals surface area contributed by atoms with E-state index in [2.05, 4.69) is 19.9 Å². The summed E-state index contributed by atoms with van der Waals surface area (Å²) in [5.74, 6) is -0.697. The van der Waals surface area contributed by atoms with E-state index in [1.54, 1.807) is 13.0 Å². The van der Waals surface area contributed by atoms with Crippen molar-refractivity contribution < 1.29 is 14.6 Å². The molecule has 3 aromatic rings. The lowest BCUT2D eigenvalue weighted by atomic mass is 9.86. The summed E-state index contributed by atoms with van der Waals surface area (Å²) in [6, 6.07) is 11.9. The molecule has 32 heavy (non-hydrogen) atoms. The number of hydrogen-bond donors (Lipinski definition) is 1. The molecule has 0 saturated carbocycles. The van der Waals surface area contributed by atoms with Crippen LogP contribution in [0.15, 0.2) is 41.2 Å². The molecule has 0 aliphatic carbocycles. The second kappa shape index (κ2) is 7.67. The molecule has 2 aliphatic rings. The van der Waals surface area contributed by atoms with E-state index in [1.165, 1.54) is 0 Å². The summed E-state index contributed by atoms with van der Waals surface area (Å²) >= 11 is 0. The summed E-state index contributed by atoms with van der Waals surface area (Å²) in [5.41, 5.74) is 2.47. The molecule has 0 spiro atoms.